The summed E-state index contributed by atoms with van der Waals surface area (Å²) < 4.78 is 8.10. The number of ether oxygens (including phenoxy) is 1. The van der Waals surface area contributed by atoms with Crippen LogP contribution in [0.2, 0.25) is 0 Å². The minimum Gasteiger partial charge on any atom is -0.370 e. The van der Waals surface area contributed by atoms with Crippen molar-refractivity contribution in [2.75, 3.05) is 18.4 Å². The number of nitrogens with zero attached hydrogens (tertiary/aromatic N) is 4. The first-order chi connectivity index (χ1) is 15.6. The highest BCUT2D eigenvalue weighted by Gasteiger charge is 2.29. The van der Waals surface area contributed by atoms with Crippen LogP contribution in [0.25, 0.3) is 22.2 Å². The van der Waals surface area contributed by atoms with Crippen LogP contribution in [0.15, 0.2) is 42.9 Å². The second-order valence-corrected chi connectivity index (χ2v) is 8.47. The van der Waals surface area contributed by atoms with Gasteiger partial charge in [0, 0.05) is 43.7 Å². The summed E-state index contributed by atoms with van der Waals surface area (Å²) >= 11 is 0. The largest absolute Gasteiger partial charge is 0.370 e. The van der Waals surface area contributed by atoms with Crippen LogP contribution in [0, 0.1) is 6.92 Å². The number of anilines is 1. The van der Waals surface area contributed by atoms with Crippen molar-refractivity contribution in [1.82, 2.24) is 30.3 Å². The van der Waals surface area contributed by atoms with Crippen molar-refractivity contribution >= 4 is 16.9 Å². The lowest BCUT2D eigenvalue weighted by molar-refractivity contribution is 0.0481. The van der Waals surface area contributed by atoms with Crippen molar-refractivity contribution in [3.05, 3.63) is 59.5 Å². The van der Waals surface area contributed by atoms with Gasteiger partial charge in [-0.3, -0.25) is 9.78 Å². The van der Waals surface area contributed by atoms with Gasteiger partial charge in [-0.1, -0.05) is 25.1 Å². The molecule has 4 heterocycles. The molecule has 0 spiro atoms. The molecule has 5 rings (SSSR count). The van der Waals surface area contributed by atoms with Crippen molar-refractivity contribution in [1.29, 1.82) is 0 Å². The summed E-state index contributed by atoms with van der Waals surface area (Å²) in [6, 6.07) is 8.82. The van der Waals surface area contributed by atoms with Crippen LogP contribution < -0.4 is 10.6 Å². The van der Waals surface area contributed by atoms with Gasteiger partial charge in [0.25, 0.3) is 0 Å². The van der Waals surface area contributed by atoms with E-state index in [1.807, 2.05) is 25.6 Å². The Morgan fingerprint density at radius 3 is 2.91 bits per heavy atom. The summed E-state index contributed by atoms with van der Waals surface area (Å²) in [6.07, 6.45) is 6.76. The Balaban J connectivity index is 1.30. The summed E-state index contributed by atoms with van der Waals surface area (Å²) in [5.74, 6) is 0.796. The fourth-order valence-electron chi connectivity index (χ4n) is 4.29. The number of hydrogen-bond donors (Lipinski definition) is 3. The van der Waals surface area contributed by atoms with Gasteiger partial charge in [-0.25, -0.2) is 4.98 Å². The molecule has 0 radical (unpaired) electrons. The number of benzene rings is 1. The molecule has 0 aliphatic carbocycles. The molecule has 166 valence electrons. The Morgan fingerprint density at radius 1 is 1.19 bits per heavy atom. The average molecular weight is 432 g/mol. The lowest BCUT2D eigenvalue weighted by atomic mass is 10.0. The van der Waals surface area contributed by atoms with Crippen LogP contribution in [-0.4, -0.2) is 50.2 Å². The number of aromatic amines is 1. The fraction of sp³-hybridized carbons (Fsp3) is 0.375. The molecule has 0 amide bonds. The lowest BCUT2D eigenvalue weighted by Crippen LogP contribution is -2.34. The van der Waals surface area contributed by atoms with E-state index in [2.05, 4.69) is 69.0 Å². The lowest BCUT2D eigenvalue weighted by Gasteiger charge is -2.21. The maximum atomic E-state index is 6.31. The molecular formula is C24H29N7O. The Hall–Kier alpha value is -3.23. The normalized spacial score (nSPS) is 18.5. The number of fused-ring (bicyclic) bond motifs is 1. The SMILES string of the molecule is CCc1cc(CO[C@@H]2CNC[C@H]2Nc2n[nH]c3ncc(-c4cnn(C)c4)cc23)ccc1C. The minimum absolute atomic E-state index is 0.0580. The van der Waals surface area contributed by atoms with Crippen LogP contribution in [-0.2, 0) is 24.8 Å². The average Bonchev–Trinajstić information content (AvgIpc) is 3.54. The van der Waals surface area contributed by atoms with Gasteiger partial charge < -0.3 is 15.4 Å². The molecule has 1 saturated heterocycles. The van der Waals surface area contributed by atoms with E-state index >= 15 is 0 Å². The molecule has 3 aromatic heterocycles. The molecule has 1 aromatic carbocycles. The molecule has 1 aliphatic heterocycles. The molecule has 0 bridgehead atoms. The second-order valence-electron chi connectivity index (χ2n) is 8.47. The summed E-state index contributed by atoms with van der Waals surface area (Å²) in [5, 5.41) is 19.7. The molecule has 8 nitrogen and oxygen atoms in total. The predicted octanol–water partition coefficient (Wildman–Crippen LogP) is 3.20. The van der Waals surface area contributed by atoms with Crippen LogP contribution in [0.4, 0.5) is 5.82 Å². The first kappa shape index (κ1) is 20.7. The highest BCUT2D eigenvalue weighted by Crippen LogP contribution is 2.27. The van der Waals surface area contributed by atoms with E-state index in [9.17, 15) is 0 Å². The number of rotatable bonds is 7. The fourth-order valence-corrected chi connectivity index (χ4v) is 4.29. The molecule has 32 heavy (non-hydrogen) atoms. The highest BCUT2D eigenvalue weighted by atomic mass is 16.5. The van der Waals surface area contributed by atoms with E-state index in [1.54, 1.807) is 4.68 Å². The zero-order chi connectivity index (χ0) is 22.1. The predicted molar refractivity (Wildman–Crippen MR) is 126 cm³/mol. The minimum atomic E-state index is 0.0580. The van der Waals surface area contributed by atoms with Crippen molar-refractivity contribution in [2.24, 2.45) is 7.05 Å². The number of pyridine rings is 1. The van der Waals surface area contributed by atoms with Gasteiger partial charge >= 0.3 is 0 Å². The first-order valence-corrected chi connectivity index (χ1v) is 11.1. The molecule has 3 N–H and O–H groups in total. The molecule has 1 fully saturated rings. The van der Waals surface area contributed by atoms with E-state index in [-0.39, 0.29) is 12.1 Å². The Bertz CT molecular complexity index is 1230. The molecular weight excluding hydrogens is 402 g/mol. The van der Waals surface area contributed by atoms with Gasteiger partial charge in [-0.05, 0) is 36.1 Å². The quantitative estimate of drug-likeness (QED) is 0.416. The number of H-pyrrole nitrogens is 1. The van der Waals surface area contributed by atoms with Crippen LogP contribution in [0.1, 0.15) is 23.6 Å². The number of aryl methyl sites for hydroxylation is 3. The Labute approximate surface area is 187 Å². The third-order valence-corrected chi connectivity index (χ3v) is 6.19. The maximum absolute atomic E-state index is 6.31. The summed E-state index contributed by atoms with van der Waals surface area (Å²) in [4.78, 5) is 4.54. The molecule has 2 atom stereocenters. The summed E-state index contributed by atoms with van der Waals surface area (Å²) in [5.41, 5.74) is 6.73. The molecule has 0 saturated carbocycles. The van der Waals surface area contributed by atoms with Gasteiger partial charge in [0.15, 0.2) is 11.5 Å². The van der Waals surface area contributed by atoms with E-state index in [0.717, 1.165) is 47.5 Å². The van der Waals surface area contributed by atoms with E-state index in [1.165, 1.54) is 16.7 Å². The van der Waals surface area contributed by atoms with Gasteiger partial charge in [0.2, 0.25) is 0 Å². The Kier molecular flexibility index (Phi) is 5.63. The van der Waals surface area contributed by atoms with E-state index < -0.39 is 0 Å². The van der Waals surface area contributed by atoms with Crippen molar-refractivity contribution in [3.63, 3.8) is 0 Å². The monoisotopic (exact) mass is 431 g/mol. The van der Waals surface area contributed by atoms with E-state index in [4.69, 9.17) is 4.74 Å². The molecule has 0 unspecified atom stereocenters. The second kappa shape index (κ2) is 8.72. The van der Waals surface area contributed by atoms with Gasteiger partial charge in [-0.2, -0.15) is 10.2 Å². The highest BCUT2D eigenvalue weighted by molar-refractivity contribution is 5.90. The standard InChI is InChI=1S/C24H29N7O/c1-4-17-7-16(6-5-15(17)2)14-32-22-12-25-11-21(22)28-24-20-8-18(9-26-23(20)29-30-24)19-10-27-31(3)13-19/h5-10,13,21-22,25H,4,11-12,14H2,1-3H3,(H2,26,28,29,30)/t21-,22-/m1/s1. The maximum Gasteiger partial charge on any atom is 0.157 e. The zero-order valence-electron chi connectivity index (χ0n) is 18.7. The van der Waals surface area contributed by atoms with Crippen LogP contribution in [0.5, 0.6) is 0 Å². The molecule has 1 aliphatic rings. The smallest absolute Gasteiger partial charge is 0.157 e. The molecule has 4 aromatic rings. The topological polar surface area (TPSA) is 92.7 Å². The number of nitrogens with one attached hydrogen (secondary N) is 3. The third-order valence-electron chi connectivity index (χ3n) is 6.19. The summed E-state index contributed by atoms with van der Waals surface area (Å²) in [6.45, 7) is 6.59. The van der Waals surface area contributed by atoms with Crippen LogP contribution >= 0.6 is 0 Å². The van der Waals surface area contributed by atoms with Gasteiger partial charge in [0.1, 0.15) is 0 Å². The number of aromatic nitrogens is 5. The van der Waals surface area contributed by atoms with Gasteiger partial charge in [0.05, 0.1) is 30.3 Å². The summed E-state index contributed by atoms with van der Waals surface area (Å²) in [7, 11) is 1.91. The van der Waals surface area contributed by atoms with E-state index in [0.29, 0.717) is 6.61 Å². The van der Waals surface area contributed by atoms with Crippen LogP contribution in [0.3, 0.4) is 0 Å². The van der Waals surface area contributed by atoms with Gasteiger partial charge in [-0.15, -0.1) is 0 Å². The zero-order valence-corrected chi connectivity index (χ0v) is 18.7. The van der Waals surface area contributed by atoms with Crippen molar-refractivity contribution in [2.45, 2.75) is 39.0 Å². The number of hydrogen-bond acceptors (Lipinski definition) is 6. The molecule has 8 heteroatoms. The third kappa shape index (κ3) is 4.11. The first-order valence-electron chi connectivity index (χ1n) is 11.1. The van der Waals surface area contributed by atoms with Crippen molar-refractivity contribution in [3.8, 4) is 11.1 Å². The Morgan fingerprint density at radius 2 is 2.09 bits per heavy atom. The van der Waals surface area contributed by atoms with Crippen molar-refractivity contribution < 1.29 is 4.74 Å².